The molecule has 12 nitrogen and oxygen atoms in total. The van der Waals surface area contributed by atoms with E-state index in [1.54, 1.807) is 0 Å². The van der Waals surface area contributed by atoms with E-state index in [4.69, 9.17) is 24.5 Å². The van der Waals surface area contributed by atoms with Gasteiger partial charge >= 0.3 is 6.09 Å². The summed E-state index contributed by atoms with van der Waals surface area (Å²) in [5.74, 6) is 1.75. The monoisotopic (exact) mass is 690 g/mol. The van der Waals surface area contributed by atoms with E-state index < -0.39 is 5.60 Å². The molecule has 2 atom stereocenters. The zero-order valence-electron chi connectivity index (χ0n) is 29.7. The van der Waals surface area contributed by atoms with Crippen LogP contribution in [0.4, 0.5) is 27.8 Å². The number of para-hydroxylation sites is 1. The number of amides is 2. The molecule has 2 aromatic carbocycles. The lowest BCUT2D eigenvalue weighted by Crippen LogP contribution is -2.48. The molecule has 4 aromatic rings. The number of nitrogens with zero attached hydrogens (tertiary/aromatic N) is 7. The lowest BCUT2D eigenvalue weighted by molar-refractivity contribution is -0.118. The zero-order valence-corrected chi connectivity index (χ0v) is 29.7. The molecule has 266 valence electrons. The maximum atomic E-state index is 13.1. The van der Waals surface area contributed by atoms with E-state index in [2.05, 4.69) is 57.6 Å². The van der Waals surface area contributed by atoms with Gasteiger partial charge < -0.3 is 29.5 Å². The third kappa shape index (κ3) is 5.58. The molecule has 1 unspecified atom stereocenters. The summed E-state index contributed by atoms with van der Waals surface area (Å²) >= 11 is 0. The minimum Gasteiger partial charge on any atom is -0.444 e. The molecule has 51 heavy (non-hydrogen) atoms. The van der Waals surface area contributed by atoms with Gasteiger partial charge in [-0.25, -0.2) is 19.4 Å². The molecule has 2 amide bonds. The van der Waals surface area contributed by atoms with E-state index in [0.29, 0.717) is 26.1 Å². The van der Waals surface area contributed by atoms with Gasteiger partial charge in [-0.15, -0.1) is 5.10 Å². The Morgan fingerprint density at radius 3 is 2.59 bits per heavy atom. The third-order valence-electron chi connectivity index (χ3n) is 11.4. The number of carbonyl (C=O) groups is 2. The van der Waals surface area contributed by atoms with Gasteiger partial charge in [0.1, 0.15) is 11.4 Å². The fourth-order valence-electron chi connectivity index (χ4n) is 9.01. The van der Waals surface area contributed by atoms with Crippen molar-refractivity contribution in [2.75, 3.05) is 47.5 Å². The lowest BCUT2D eigenvalue weighted by atomic mass is 9.72. The van der Waals surface area contributed by atoms with Gasteiger partial charge in [0.25, 0.3) is 0 Å². The van der Waals surface area contributed by atoms with E-state index in [1.165, 1.54) is 16.7 Å². The van der Waals surface area contributed by atoms with Gasteiger partial charge in [0.05, 0.1) is 23.6 Å². The summed E-state index contributed by atoms with van der Waals surface area (Å²) in [7, 11) is 0. The number of aromatic nitrogens is 4. The molecule has 4 aliphatic heterocycles. The predicted molar refractivity (Wildman–Crippen MR) is 194 cm³/mol. The average molecular weight is 691 g/mol. The Morgan fingerprint density at radius 1 is 0.980 bits per heavy atom. The summed E-state index contributed by atoms with van der Waals surface area (Å²) in [6.45, 7) is 9.18. The Kier molecular flexibility index (Phi) is 7.71. The van der Waals surface area contributed by atoms with Gasteiger partial charge in [-0.05, 0) is 88.5 Å². The molecular weight excluding hydrogens is 644 g/mol. The first-order valence-corrected chi connectivity index (χ1v) is 18.6. The Balaban J connectivity index is 1.03. The van der Waals surface area contributed by atoms with Crippen molar-refractivity contribution >= 4 is 46.2 Å². The lowest BCUT2D eigenvalue weighted by Gasteiger charge is -2.43. The third-order valence-corrected chi connectivity index (χ3v) is 11.4. The molecule has 1 spiro atoms. The number of hydrogen-bond acceptors (Lipinski definition) is 9. The Morgan fingerprint density at radius 2 is 1.78 bits per heavy atom. The van der Waals surface area contributed by atoms with E-state index >= 15 is 0 Å². The summed E-state index contributed by atoms with van der Waals surface area (Å²) < 4.78 is 13.9. The molecular formula is C39H46N8O4. The summed E-state index contributed by atoms with van der Waals surface area (Å²) in [6, 6.07) is 14.6. The van der Waals surface area contributed by atoms with Crippen molar-refractivity contribution in [3.8, 4) is 0 Å². The quantitative estimate of drug-likeness (QED) is 0.261. The number of ether oxygens (including phenoxy) is 2. The highest BCUT2D eigenvalue weighted by atomic mass is 16.6. The number of fused-ring (bicyclic) bond motifs is 2. The summed E-state index contributed by atoms with van der Waals surface area (Å²) in [4.78, 5) is 42.8. The molecule has 9 rings (SSSR count). The van der Waals surface area contributed by atoms with Gasteiger partial charge in [0.15, 0.2) is 23.2 Å². The topological polar surface area (TPSA) is 118 Å². The van der Waals surface area contributed by atoms with Crippen LogP contribution < -0.4 is 20.0 Å². The molecule has 2 fully saturated rings. The SMILES string of the molecule is CC(C)(C)OC(=O)N[C@@H]1c2ccccc2CC12CCN(c1cnc3c(N4CCN5C(=O)CCc6cccc4c65)nn(C4CCCCO4)c3n1)CC2. The molecule has 2 saturated heterocycles. The molecule has 0 radical (unpaired) electrons. The van der Waals surface area contributed by atoms with Crippen molar-refractivity contribution in [3.63, 3.8) is 0 Å². The number of piperidine rings is 1. The average Bonchev–Trinajstić information content (AvgIpc) is 3.65. The van der Waals surface area contributed by atoms with Gasteiger partial charge in [0.2, 0.25) is 5.91 Å². The fraction of sp³-hybridized carbons (Fsp3) is 0.513. The second-order valence-electron chi connectivity index (χ2n) is 15.8. The van der Waals surface area contributed by atoms with Crippen LogP contribution in [-0.2, 0) is 27.1 Å². The first kappa shape index (κ1) is 32.2. The molecule has 1 aliphatic carbocycles. The van der Waals surface area contributed by atoms with Crippen LogP contribution in [0, 0.1) is 5.41 Å². The predicted octanol–water partition coefficient (Wildman–Crippen LogP) is 6.37. The number of hydrogen-bond donors (Lipinski definition) is 1. The highest BCUT2D eigenvalue weighted by molar-refractivity contribution is 6.03. The molecule has 0 bridgehead atoms. The van der Waals surface area contributed by atoms with Crippen LogP contribution in [0.5, 0.6) is 0 Å². The molecule has 5 aliphatic rings. The maximum absolute atomic E-state index is 13.1. The van der Waals surface area contributed by atoms with Gasteiger partial charge in [0, 0.05) is 44.6 Å². The van der Waals surface area contributed by atoms with Crippen molar-refractivity contribution in [2.45, 2.75) is 90.0 Å². The summed E-state index contributed by atoms with van der Waals surface area (Å²) in [5.41, 5.74) is 6.43. The minimum atomic E-state index is -0.570. The van der Waals surface area contributed by atoms with Crippen molar-refractivity contribution < 1.29 is 19.1 Å². The molecule has 0 saturated carbocycles. The van der Waals surface area contributed by atoms with Crippen LogP contribution in [-0.4, -0.2) is 70.1 Å². The number of alkyl carbamates (subject to hydrolysis) is 1. The smallest absolute Gasteiger partial charge is 0.408 e. The highest BCUT2D eigenvalue weighted by Crippen LogP contribution is 2.52. The van der Waals surface area contributed by atoms with Crippen LogP contribution in [0.3, 0.4) is 0 Å². The highest BCUT2D eigenvalue weighted by Gasteiger charge is 2.49. The number of benzene rings is 2. The Labute approximate surface area is 298 Å². The number of rotatable bonds is 4. The zero-order chi connectivity index (χ0) is 34.9. The fourth-order valence-corrected chi connectivity index (χ4v) is 9.01. The molecule has 2 aromatic heterocycles. The van der Waals surface area contributed by atoms with Gasteiger partial charge in [-0.2, -0.15) is 0 Å². The second kappa shape index (κ2) is 12.2. The number of anilines is 4. The number of aryl methyl sites for hydroxylation is 1. The normalized spacial score (nSPS) is 22.6. The van der Waals surface area contributed by atoms with Crippen LogP contribution in [0.15, 0.2) is 48.7 Å². The summed E-state index contributed by atoms with van der Waals surface area (Å²) in [6.07, 6.45) is 8.26. The maximum Gasteiger partial charge on any atom is 0.408 e. The van der Waals surface area contributed by atoms with E-state index in [-0.39, 0.29) is 29.7 Å². The van der Waals surface area contributed by atoms with E-state index in [0.717, 1.165) is 92.2 Å². The number of nitrogens with one attached hydrogen (secondary N) is 1. The van der Waals surface area contributed by atoms with Crippen LogP contribution >= 0.6 is 0 Å². The van der Waals surface area contributed by atoms with E-state index in [1.807, 2.05) is 36.5 Å². The Hall–Kier alpha value is -4.71. The Bertz CT molecular complexity index is 2010. The van der Waals surface area contributed by atoms with Gasteiger partial charge in [-0.3, -0.25) is 4.79 Å². The van der Waals surface area contributed by atoms with Crippen LogP contribution in [0.2, 0.25) is 0 Å². The molecule has 6 heterocycles. The van der Waals surface area contributed by atoms with Crippen molar-refractivity contribution in [2.24, 2.45) is 5.41 Å². The first-order valence-electron chi connectivity index (χ1n) is 18.6. The summed E-state index contributed by atoms with van der Waals surface area (Å²) in [5, 5.41) is 8.47. The first-order chi connectivity index (χ1) is 24.7. The minimum absolute atomic E-state index is 0.113. The number of carbonyl (C=O) groups excluding carboxylic acids is 2. The van der Waals surface area contributed by atoms with E-state index in [9.17, 15) is 9.59 Å². The van der Waals surface area contributed by atoms with Crippen molar-refractivity contribution in [3.05, 3.63) is 65.4 Å². The molecule has 12 heteroatoms. The second-order valence-corrected chi connectivity index (χ2v) is 15.8. The van der Waals surface area contributed by atoms with Crippen LogP contribution in [0.25, 0.3) is 11.2 Å². The van der Waals surface area contributed by atoms with Crippen molar-refractivity contribution in [1.29, 1.82) is 0 Å². The largest absolute Gasteiger partial charge is 0.444 e. The standard InChI is InChI=1S/C39H46N8O4/c1-38(2,3)51-37(49)42-34-27-11-5-4-9-26(27)23-39(34)16-18-44(19-17-39)29-24-40-32-35(41-29)47(31-13-6-7-22-50-31)43-36(32)45-20-21-46-30(48)15-14-25-10-8-12-28(45)33(25)46/h4-5,8-12,24,31,34H,6-7,13-23H2,1-3H3,(H,42,49)/t31?,34-/m1/s1. The van der Waals surface area contributed by atoms with Gasteiger partial charge in [-0.1, -0.05) is 36.4 Å². The molecule has 1 N–H and O–H groups in total. The van der Waals surface area contributed by atoms with Crippen LogP contribution in [0.1, 0.15) is 88.3 Å². The van der Waals surface area contributed by atoms with Crippen molar-refractivity contribution in [1.82, 2.24) is 25.1 Å².